The van der Waals surface area contributed by atoms with Gasteiger partial charge < -0.3 is 5.11 Å². The van der Waals surface area contributed by atoms with Crippen LogP contribution in [0.25, 0.3) is 0 Å². The van der Waals surface area contributed by atoms with Gasteiger partial charge in [0, 0.05) is 19.2 Å². The van der Waals surface area contributed by atoms with Gasteiger partial charge in [-0.05, 0) is 12.8 Å². The molecular formula is C8H10ClF3N2O. The van der Waals surface area contributed by atoms with E-state index in [4.69, 9.17) is 16.7 Å². The van der Waals surface area contributed by atoms with Crippen LogP contribution in [0.3, 0.4) is 0 Å². The molecule has 1 N–H and O–H groups in total. The number of hydrogen-bond donors (Lipinski definition) is 1. The molecule has 86 valence electrons. The zero-order valence-electron chi connectivity index (χ0n) is 7.97. The Labute approximate surface area is 89.5 Å². The van der Waals surface area contributed by atoms with E-state index in [-0.39, 0.29) is 30.2 Å². The maximum absolute atomic E-state index is 12.5. The molecular weight excluding hydrogens is 233 g/mol. The van der Waals surface area contributed by atoms with Gasteiger partial charge in [-0.3, -0.25) is 4.68 Å². The lowest BCUT2D eigenvalue weighted by Crippen LogP contribution is -2.09. The molecule has 0 aliphatic heterocycles. The summed E-state index contributed by atoms with van der Waals surface area (Å²) in [5, 5.41) is 11.8. The molecule has 0 atom stereocenters. The van der Waals surface area contributed by atoms with Crippen molar-refractivity contribution >= 4 is 11.6 Å². The van der Waals surface area contributed by atoms with E-state index in [0.717, 1.165) is 4.68 Å². The third kappa shape index (κ3) is 2.63. The molecule has 0 unspecified atom stereocenters. The van der Waals surface area contributed by atoms with E-state index in [1.54, 1.807) is 0 Å². The van der Waals surface area contributed by atoms with Crippen molar-refractivity contribution in [2.24, 2.45) is 7.05 Å². The van der Waals surface area contributed by atoms with E-state index in [9.17, 15) is 13.2 Å². The Balaban J connectivity index is 3.10. The van der Waals surface area contributed by atoms with Crippen LogP contribution in [-0.2, 0) is 19.6 Å². The average molecular weight is 243 g/mol. The normalized spacial score (nSPS) is 12.1. The largest absolute Gasteiger partial charge is 0.435 e. The average Bonchev–Trinajstić information content (AvgIpc) is 2.40. The zero-order chi connectivity index (χ0) is 11.6. The summed E-state index contributed by atoms with van der Waals surface area (Å²) in [6, 6.07) is 0. The highest BCUT2D eigenvalue weighted by molar-refractivity contribution is 6.30. The molecule has 0 saturated heterocycles. The Morgan fingerprint density at radius 1 is 1.47 bits per heavy atom. The van der Waals surface area contributed by atoms with Crippen LogP contribution < -0.4 is 0 Å². The molecule has 0 fully saturated rings. The van der Waals surface area contributed by atoms with Crippen LogP contribution >= 0.6 is 11.6 Å². The smallest absolute Gasteiger partial charge is 0.396 e. The number of aryl methyl sites for hydroxylation is 1. The van der Waals surface area contributed by atoms with Crippen molar-refractivity contribution in [3.8, 4) is 0 Å². The second-order valence-corrected chi connectivity index (χ2v) is 3.42. The van der Waals surface area contributed by atoms with Gasteiger partial charge in [0.05, 0.1) is 0 Å². The number of aliphatic hydroxyl groups excluding tert-OH is 1. The minimum absolute atomic E-state index is 0.0317. The van der Waals surface area contributed by atoms with Crippen molar-refractivity contribution in [2.45, 2.75) is 19.0 Å². The fraction of sp³-hybridized carbons (Fsp3) is 0.625. The minimum atomic E-state index is -4.50. The Morgan fingerprint density at radius 3 is 2.53 bits per heavy atom. The van der Waals surface area contributed by atoms with Crippen molar-refractivity contribution in [2.75, 3.05) is 6.61 Å². The van der Waals surface area contributed by atoms with Crippen molar-refractivity contribution < 1.29 is 18.3 Å². The second-order valence-electron chi connectivity index (χ2n) is 3.07. The minimum Gasteiger partial charge on any atom is -0.396 e. The molecule has 15 heavy (non-hydrogen) atoms. The Hall–Kier alpha value is -0.750. The first-order valence-electron chi connectivity index (χ1n) is 4.27. The lowest BCUT2D eigenvalue weighted by molar-refractivity contribution is -0.142. The van der Waals surface area contributed by atoms with Gasteiger partial charge in [0.1, 0.15) is 5.15 Å². The van der Waals surface area contributed by atoms with Gasteiger partial charge in [0.2, 0.25) is 0 Å². The second kappa shape index (κ2) is 4.40. The highest BCUT2D eigenvalue weighted by atomic mass is 35.5. The molecule has 0 bridgehead atoms. The SMILES string of the molecule is Cn1nc(C(F)(F)F)c(CCCO)c1Cl. The van der Waals surface area contributed by atoms with Gasteiger partial charge in [0.15, 0.2) is 5.69 Å². The van der Waals surface area contributed by atoms with Crippen LogP contribution in [0.2, 0.25) is 5.15 Å². The molecule has 0 saturated carbocycles. The van der Waals surface area contributed by atoms with Gasteiger partial charge in [-0.2, -0.15) is 18.3 Å². The number of halogens is 4. The first-order valence-corrected chi connectivity index (χ1v) is 4.65. The molecule has 0 amide bonds. The third-order valence-electron chi connectivity index (χ3n) is 1.92. The van der Waals surface area contributed by atoms with Crippen LogP contribution in [0.15, 0.2) is 0 Å². The molecule has 0 aromatic carbocycles. The quantitative estimate of drug-likeness (QED) is 0.881. The summed E-state index contributed by atoms with van der Waals surface area (Å²) in [5.74, 6) is 0. The number of aliphatic hydroxyl groups is 1. The Kier molecular flexibility index (Phi) is 3.62. The Morgan fingerprint density at radius 2 is 2.07 bits per heavy atom. The van der Waals surface area contributed by atoms with Crippen LogP contribution in [0.5, 0.6) is 0 Å². The summed E-state index contributed by atoms with van der Waals surface area (Å²) < 4.78 is 38.4. The van der Waals surface area contributed by atoms with Crippen molar-refractivity contribution in [1.29, 1.82) is 0 Å². The van der Waals surface area contributed by atoms with Gasteiger partial charge >= 0.3 is 6.18 Å². The molecule has 7 heteroatoms. The maximum Gasteiger partial charge on any atom is 0.435 e. The molecule has 1 rings (SSSR count). The van der Waals surface area contributed by atoms with Crippen molar-refractivity contribution in [1.82, 2.24) is 9.78 Å². The number of hydrogen-bond acceptors (Lipinski definition) is 2. The highest BCUT2D eigenvalue weighted by Gasteiger charge is 2.38. The fourth-order valence-electron chi connectivity index (χ4n) is 1.25. The molecule has 1 aromatic rings. The van der Waals surface area contributed by atoms with E-state index in [1.165, 1.54) is 7.05 Å². The predicted octanol–water partition coefficient (Wildman–Crippen LogP) is 2.02. The topological polar surface area (TPSA) is 38.0 Å². The molecule has 1 heterocycles. The number of rotatable bonds is 3. The summed E-state index contributed by atoms with van der Waals surface area (Å²) in [7, 11) is 1.35. The zero-order valence-corrected chi connectivity index (χ0v) is 8.73. The summed E-state index contributed by atoms with van der Waals surface area (Å²) in [6.07, 6.45) is -4.21. The summed E-state index contributed by atoms with van der Waals surface area (Å²) in [5.41, 5.74) is -1.02. The predicted molar refractivity (Wildman–Crippen MR) is 48.6 cm³/mol. The first kappa shape index (κ1) is 12.3. The summed E-state index contributed by atoms with van der Waals surface area (Å²) in [6.45, 7) is -0.178. The van der Waals surface area contributed by atoms with Crippen molar-refractivity contribution in [3.05, 3.63) is 16.4 Å². The Bertz CT molecular complexity index is 348. The third-order valence-corrected chi connectivity index (χ3v) is 2.40. The van der Waals surface area contributed by atoms with Crippen LogP contribution in [-0.4, -0.2) is 21.5 Å². The van der Waals surface area contributed by atoms with Crippen LogP contribution in [0, 0.1) is 0 Å². The summed E-state index contributed by atoms with van der Waals surface area (Å²) in [4.78, 5) is 0. The van der Waals surface area contributed by atoms with Gasteiger partial charge in [-0.25, -0.2) is 0 Å². The lowest BCUT2D eigenvalue weighted by atomic mass is 10.1. The molecule has 3 nitrogen and oxygen atoms in total. The molecule has 1 aromatic heterocycles. The standard InChI is InChI=1S/C8H10ClF3N2O/c1-14-7(9)5(3-2-4-15)6(13-14)8(10,11)12/h15H,2-4H2,1H3. The molecule has 0 radical (unpaired) electrons. The van der Waals surface area contributed by atoms with Crippen molar-refractivity contribution in [3.63, 3.8) is 0 Å². The van der Waals surface area contributed by atoms with Crippen LogP contribution in [0.4, 0.5) is 13.2 Å². The van der Waals surface area contributed by atoms with E-state index in [2.05, 4.69) is 5.10 Å². The number of aromatic nitrogens is 2. The monoisotopic (exact) mass is 242 g/mol. The number of alkyl halides is 3. The number of nitrogens with zero attached hydrogens (tertiary/aromatic N) is 2. The summed E-state index contributed by atoms with van der Waals surface area (Å²) >= 11 is 5.67. The van der Waals surface area contributed by atoms with Gasteiger partial charge in [0.25, 0.3) is 0 Å². The first-order chi connectivity index (χ1) is 6.88. The van der Waals surface area contributed by atoms with E-state index >= 15 is 0 Å². The highest BCUT2D eigenvalue weighted by Crippen LogP contribution is 2.34. The van der Waals surface area contributed by atoms with E-state index in [1.807, 2.05) is 0 Å². The molecule has 0 aliphatic carbocycles. The lowest BCUT2D eigenvalue weighted by Gasteiger charge is -2.05. The van der Waals surface area contributed by atoms with E-state index in [0.29, 0.717) is 0 Å². The van der Waals surface area contributed by atoms with Gasteiger partial charge in [-0.15, -0.1) is 0 Å². The molecule has 0 aliphatic rings. The van der Waals surface area contributed by atoms with Gasteiger partial charge in [-0.1, -0.05) is 11.6 Å². The van der Waals surface area contributed by atoms with Crippen LogP contribution in [0.1, 0.15) is 17.7 Å². The fourth-order valence-corrected chi connectivity index (χ4v) is 1.47. The van der Waals surface area contributed by atoms with E-state index < -0.39 is 11.9 Å². The maximum atomic E-state index is 12.5. The molecule has 0 spiro atoms.